The van der Waals surface area contributed by atoms with Crippen LogP contribution in [-0.4, -0.2) is 78.8 Å². The SMILES string of the molecule is COc1ccc(CN2CCN(c3ccc(C(=O)/C=C\c4ccc(OCc5cn(CC(O)(Cn6cncn6)c6ccc(F)cc6F)nn5)cc4)cc3)CC2)cc1. The Labute approximate surface area is 316 Å². The number of halogens is 2. The third-order valence-corrected chi connectivity index (χ3v) is 9.48. The Hall–Kier alpha value is -6.25. The molecule has 55 heavy (non-hydrogen) atoms. The lowest BCUT2D eigenvalue weighted by Crippen LogP contribution is -2.45. The fourth-order valence-electron chi connectivity index (χ4n) is 6.51. The fraction of sp³-hybridized carbons (Fsp3) is 0.244. The van der Waals surface area contributed by atoms with E-state index >= 15 is 0 Å². The molecule has 1 aliphatic rings. The molecule has 0 bridgehead atoms. The average molecular weight is 747 g/mol. The lowest BCUT2D eigenvalue weighted by molar-refractivity contribution is -0.00892. The van der Waals surface area contributed by atoms with Crippen LogP contribution in [0.5, 0.6) is 11.5 Å². The third-order valence-electron chi connectivity index (χ3n) is 9.48. The molecule has 0 radical (unpaired) electrons. The Balaban J connectivity index is 0.884. The van der Waals surface area contributed by atoms with Gasteiger partial charge in [0.1, 0.15) is 53.7 Å². The van der Waals surface area contributed by atoms with Crippen molar-refractivity contribution in [2.24, 2.45) is 0 Å². The van der Waals surface area contributed by atoms with Crippen LogP contribution >= 0.6 is 0 Å². The summed E-state index contributed by atoms with van der Waals surface area (Å²) in [5.74, 6) is -0.305. The lowest BCUT2D eigenvalue weighted by Gasteiger charge is -2.36. The summed E-state index contributed by atoms with van der Waals surface area (Å²) >= 11 is 0. The number of carbonyl (C=O) groups is 1. The molecule has 2 aromatic heterocycles. The second-order valence-corrected chi connectivity index (χ2v) is 13.4. The molecule has 0 amide bonds. The molecule has 282 valence electrons. The quantitative estimate of drug-likeness (QED) is 0.106. The largest absolute Gasteiger partial charge is 0.497 e. The number of carbonyl (C=O) groups excluding carboxylic acids is 1. The van der Waals surface area contributed by atoms with Crippen LogP contribution in [0.2, 0.25) is 0 Å². The Morgan fingerprint density at radius 1 is 0.891 bits per heavy atom. The van der Waals surface area contributed by atoms with Crippen molar-refractivity contribution in [3.63, 3.8) is 0 Å². The predicted octanol–water partition coefficient (Wildman–Crippen LogP) is 5.54. The van der Waals surface area contributed by atoms with Crippen molar-refractivity contribution >= 4 is 17.5 Å². The number of hydrogen-bond acceptors (Lipinski definition) is 10. The molecule has 1 saturated heterocycles. The third kappa shape index (κ3) is 9.47. The molecule has 1 unspecified atom stereocenters. The van der Waals surface area contributed by atoms with E-state index in [4.69, 9.17) is 9.47 Å². The number of ketones is 1. The van der Waals surface area contributed by atoms with Gasteiger partial charge in [0.15, 0.2) is 5.78 Å². The van der Waals surface area contributed by atoms with E-state index in [2.05, 4.69) is 42.3 Å². The van der Waals surface area contributed by atoms with Crippen molar-refractivity contribution in [3.05, 3.63) is 156 Å². The van der Waals surface area contributed by atoms with Gasteiger partial charge in [0.2, 0.25) is 0 Å². The summed E-state index contributed by atoms with van der Waals surface area (Å²) in [6.45, 7) is 4.38. The van der Waals surface area contributed by atoms with E-state index in [1.807, 2.05) is 48.5 Å². The van der Waals surface area contributed by atoms with Gasteiger partial charge in [0.25, 0.3) is 0 Å². The second-order valence-electron chi connectivity index (χ2n) is 13.4. The van der Waals surface area contributed by atoms with Gasteiger partial charge < -0.3 is 19.5 Å². The van der Waals surface area contributed by atoms with Crippen LogP contribution in [0, 0.1) is 11.6 Å². The number of hydrogen-bond donors (Lipinski definition) is 1. The zero-order valence-electron chi connectivity index (χ0n) is 30.2. The molecule has 6 aromatic rings. The van der Waals surface area contributed by atoms with E-state index in [1.165, 1.54) is 33.6 Å². The number of allylic oxidation sites excluding steroid dienone is 1. The first-order valence-corrected chi connectivity index (χ1v) is 17.8. The van der Waals surface area contributed by atoms with Crippen molar-refractivity contribution in [3.8, 4) is 11.5 Å². The standard InChI is InChI=1S/C41H40F2N8O4/c1-54-36-12-4-31(5-13-36)23-48-18-20-49(21-19-48)35-10-7-32(8-11-35)40(52)17-6-30-2-14-37(15-3-30)55-25-34-24-50(47-46-34)26-41(53,27-51-29-44-28-45-51)38-16-9-33(42)22-39(38)43/h2-17,22,24,28-29,53H,18-21,23,25-27H2,1H3/b17-6-. The van der Waals surface area contributed by atoms with Gasteiger partial charge in [-0.1, -0.05) is 41.6 Å². The first-order chi connectivity index (χ1) is 26.7. The van der Waals surface area contributed by atoms with Crippen molar-refractivity contribution in [2.45, 2.75) is 31.8 Å². The summed E-state index contributed by atoms with van der Waals surface area (Å²) in [4.78, 5) is 21.6. The maximum atomic E-state index is 14.8. The number of methoxy groups -OCH3 is 1. The highest BCUT2D eigenvalue weighted by Crippen LogP contribution is 2.29. The van der Waals surface area contributed by atoms with Gasteiger partial charge in [0, 0.05) is 55.6 Å². The Morgan fingerprint density at radius 2 is 1.62 bits per heavy atom. The number of anilines is 1. The van der Waals surface area contributed by atoms with Gasteiger partial charge in [-0.05, 0) is 71.8 Å². The number of rotatable bonds is 15. The van der Waals surface area contributed by atoms with Crippen LogP contribution in [-0.2, 0) is 31.8 Å². The van der Waals surface area contributed by atoms with Crippen LogP contribution in [0.15, 0.2) is 116 Å². The van der Waals surface area contributed by atoms with E-state index in [1.54, 1.807) is 37.6 Å². The highest BCUT2D eigenvalue weighted by Gasteiger charge is 2.35. The second kappa shape index (κ2) is 16.8. The Bertz CT molecular complexity index is 2200. The molecule has 1 atom stereocenters. The molecular formula is C41H40F2N8O4. The summed E-state index contributed by atoms with van der Waals surface area (Å²) in [7, 11) is 1.67. The monoisotopic (exact) mass is 746 g/mol. The van der Waals surface area contributed by atoms with Crippen LogP contribution < -0.4 is 14.4 Å². The van der Waals surface area contributed by atoms with Crippen molar-refractivity contribution < 1.29 is 28.2 Å². The normalized spacial score (nSPS) is 14.6. The molecule has 3 heterocycles. The van der Waals surface area contributed by atoms with Gasteiger partial charge in [-0.3, -0.25) is 9.69 Å². The molecule has 12 nitrogen and oxygen atoms in total. The number of aromatic nitrogens is 6. The number of piperazine rings is 1. The minimum Gasteiger partial charge on any atom is -0.497 e. The molecule has 0 spiro atoms. The van der Waals surface area contributed by atoms with E-state index in [0.717, 1.165) is 61.9 Å². The maximum absolute atomic E-state index is 14.8. The maximum Gasteiger partial charge on any atom is 0.185 e. The molecule has 1 N–H and O–H groups in total. The zero-order valence-corrected chi connectivity index (χ0v) is 30.2. The number of benzene rings is 4. The zero-order chi connectivity index (χ0) is 38.2. The van der Waals surface area contributed by atoms with E-state index in [0.29, 0.717) is 17.0 Å². The Morgan fingerprint density at radius 3 is 2.31 bits per heavy atom. The van der Waals surface area contributed by atoms with Gasteiger partial charge in [-0.15, -0.1) is 5.10 Å². The van der Waals surface area contributed by atoms with Crippen molar-refractivity contribution in [1.82, 2.24) is 34.7 Å². The smallest absolute Gasteiger partial charge is 0.185 e. The van der Waals surface area contributed by atoms with Gasteiger partial charge in [-0.2, -0.15) is 5.10 Å². The minimum absolute atomic E-state index is 0.0788. The van der Waals surface area contributed by atoms with Gasteiger partial charge >= 0.3 is 0 Å². The number of ether oxygens (including phenoxy) is 2. The summed E-state index contributed by atoms with van der Waals surface area (Å²) in [5.41, 5.74) is 2.32. The number of aliphatic hydroxyl groups is 1. The minimum atomic E-state index is -1.85. The average Bonchev–Trinajstić information content (AvgIpc) is 3.89. The molecule has 1 fully saturated rings. The summed E-state index contributed by atoms with van der Waals surface area (Å²) < 4.78 is 42.3. The van der Waals surface area contributed by atoms with Crippen LogP contribution in [0.25, 0.3) is 6.08 Å². The summed E-state index contributed by atoms with van der Waals surface area (Å²) in [6.07, 6.45) is 7.58. The van der Waals surface area contributed by atoms with E-state index in [-0.39, 0.29) is 31.0 Å². The van der Waals surface area contributed by atoms with Crippen LogP contribution in [0.3, 0.4) is 0 Å². The first kappa shape index (κ1) is 37.1. The molecule has 14 heteroatoms. The van der Waals surface area contributed by atoms with E-state index < -0.39 is 17.2 Å². The number of nitrogens with zero attached hydrogens (tertiary/aromatic N) is 8. The molecule has 0 aliphatic carbocycles. The predicted molar refractivity (Wildman–Crippen MR) is 201 cm³/mol. The molecule has 7 rings (SSSR count). The highest BCUT2D eigenvalue weighted by molar-refractivity contribution is 6.07. The van der Waals surface area contributed by atoms with E-state index in [9.17, 15) is 18.7 Å². The molecule has 4 aromatic carbocycles. The van der Waals surface area contributed by atoms with Crippen molar-refractivity contribution in [1.29, 1.82) is 0 Å². The van der Waals surface area contributed by atoms with Crippen LogP contribution in [0.1, 0.15) is 32.7 Å². The fourth-order valence-corrected chi connectivity index (χ4v) is 6.51. The summed E-state index contributed by atoms with van der Waals surface area (Å²) in [6, 6.07) is 26.2. The van der Waals surface area contributed by atoms with Crippen molar-refractivity contribution in [2.75, 3.05) is 38.2 Å². The topological polar surface area (TPSA) is 124 Å². The molecule has 1 aliphatic heterocycles. The first-order valence-electron chi connectivity index (χ1n) is 17.8. The molecular weight excluding hydrogens is 706 g/mol. The lowest BCUT2D eigenvalue weighted by atomic mass is 9.93. The van der Waals surface area contributed by atoms with Gasteiger partial charge in [-0.25, -0.2) is 23.1 Å². The Kier molecular flexibility index (Phi) is 11.3. The van der Waals surface area contributed by atoms with Gasteiger partial charge in [0.05, 0.1) is 26.4 Å². The highest BCUT2D eigenvalue weighted by atomic mass is 19.1. The summed E-state index contributed by atoms with van der Waals surface area (Å²) in [5, 5.41) is 23.8. The van der Waals surface area contributed by atoms with Crippen LogP contribution in [0.4, 0.5) is 14.5 Å². The molecule has 0 saturated carbocycles.